The van der Waals surface area contributed by atoms with Crippen LogP contribution in [0.3, 0.4) is 0 Å². The topological polar surface area (TPSA) is 55.6 Å². The maximum Gasteiger partial charge on any atom is 0.242 e. The molecule has 0 bridgehead atoms. The summed E-state index contributed by atoms with van der Waals surface area (Å²) in [5.74, 6) is 0.753. The van der Waals surface area contributed by atoms with Crippen LogP contribution in [0.2, 0.25) is 0 Å². The molecule has 2 aliphatic heterocycles. The summed E-state index contributed by atoms with van der Waals surface area (Å²) in [5.41, 5.74) is 5.55. The van der Waals surface area contributed by atoms with E-state index in [0.717, 1.165) is 19.5 Å². The summed E-state index contributed by atoms with van der Waals surface area (Å²) in [5, 5.41) is 0. The number of hydrogen-bond acceptors (Lipinski definition) is 3. The maximum absolute atomic E-state index is 12.4. The van der Waals surface area contributed by atoms with Gasteiger partial charge in [-0.3, -0.25) is 4.79 Å². The average molecular weight is 263 g/mol. The molecule has 1 unspecified atom stereocenters. The number of nitrogens with zero attached hydrogens (tertiary/aromatic N) is 1. The lowest BCUT2D eigenvalue weighted by atomic mass is 9.88. The van der Waals surface area contributed by atoms with Crippen LogP contribution in [-0.4, -0.2) is 42.6 Å². The van der Waals surface area contributed by atoms with Crippen LogP contribution in [0.15, 0.2) is 0 Å². The van der Waals surface area contributed by atoms with Crippen LogP contribution in [0.1, 0.15) is 32.6 Å². The van der Waals surface area contributed by atoms with Crippen molar-refractivity contribution in [3.05, 3.63) is 0 Å². The lowest BCUT2D eigenvalue weighted by Gasteiger charge is -2.39. The number of ether oxygens (including phenoxy) is 1. The maximum atomic E-state index is 12.4. The first-order valence-corrected chi connectivity index (χ1v) is 6.28. The third-order valence-corrected chi connectivity index (χ3v) is 3.76. The molecule has 0 aliphatic carbocycles. The van der Waals surface area contributed by atoms with Crippen LogP contribution in [0.5, 0.6) is 0 Å². The molecule has 2 N–H and O–H groups in total. The van der Waals surface area contributed by atoms with Gasteiger partial charge in [-0.2, -0.15) is 0 Å². The van der Waals surface area contributed by atoms with Gasteiger partial charge >= 0.3 is 0 Å². The minimum atomic E-state index is -0.657. The second kappa shape index (κ2) is 6.03. The molecule has 2 aliphatic rings. The third-order valence-electron chi connectivity index (χ3n) is 3.76. The molecule has 0 aromatic carbocycles. The number of carbonyl (C=O) groups excluding carboxylic acids is 1. The summed E-state index contributed by atoms with van der Waals surface area (Å²) in [6.45, 7) is 5.19. The monoisotopic (exact) mass is 262 g/mol. The average Bonchev–Trinajstić information content (AvgIpc) is 2.29. The van der Waals surface area contributed by atoms with Crippen molar-refractivity contribution in [1.29, 1.82) is 0 Å². The molecule has 0 radical (unpaired) electrons. The van der Waals surface area contributed by atoms with Crippen molar-refractivity contribution in [2.75, 3.05) is 26.3 Å². The zero-order chi connectivity index (χ0) is 11.6. The first-order valence-electron chi connectivity index (χ1n) is 6.28. The Hall–Kier alpha value is -0.320. The molecule has 1 atom stereocenters. The highest BCUT2D eigenvalue weighted by Crippen LogP contribution is 2.24. The Morgan fingerprint density at radius 1 is 1.41 bits per heavy atom. The molecular weight excluding hydrogens is 240 g/mol. The number of likely N-dealkylation sites (tertiary alicyclic amines) is 1. The van der Waals surface area contributed by atoms with Gasteiger partial charge < -0.3 is 15.4 Å². The van der Waals surface area contributed by atoms with E-state index in [9.17, 15) is 4.79 Å². The molecule has 2 rings (SSSR count). The fourth-order valence-corrected chi connectivity index (χ4v) is 2.64. The standard InChI is InChI=1S/C12H22N2O2.ClH/c1-10-3-2-6-14(9-10)11(15)12(13)4-7-16-8-5-12;/h10H,2-9,13H2,1H3;1H. The summed E-state index contributed by atoms with van der Waals surface area (Å²) < 4.78 is 5.27. The van der Waals surface area contributed by atoms with Gasteiger partial charge in [-0.15, -0.1) is 12.4 Å². The second-order valence-corrected chi connectivity index (χ2v) is 5.27. The van der Waals surface area contributed by atoms with E-state index in [1.54, 1.807) is 0 Å². The molecule has 4 nitrogen and oxygen atoms in total. The molecule has 2 heterocycles. The lowest BCUT2D eigenvalue weighted by Crippen LogP contribution is -2.59. The summed E-state index contributed by atoms with van der Waals surface area (Å²) in [7, 11) is 0. The Morgan fingerprint density at radius 3 is 2.65 bits per heavy atom. The van der Waals surface area contributed by atoms with Crippen LogP contribution >= 0.6 is 12.4 Å². The van der Waals surface area contributed by atoms with E-state index < -0.39 is 5.54 Å². The van der Waals surface area contributed by atoms with Gasteiger partial charge in [-0.1, -0.05) is 6.92 Å². The second-order valence-electron chi connectivity index (χ2n) is 5.27. The molecule has 0 spiro atoms. The number of amides is 1. The lowest BCUT2D eigenvalue weighted by molar-refractivity contribution is -0.142. The molecule has 0 aromatic rings. The predicted molar refractivity (Wildman–Crippen MR) is 69.2 cm³/mol. The first kappa shape index (κ1) is 14.7. The molecule has 0 saturated carbocycles. The normalized spacial score (nSPS) is 28.4. The number of nitrogens with two attached hydrogens (primary N) is 1. The van der Waals surface area contributed by atoms with Crippen molar-refractivity contribution >= 4 is 18.3 Å². The molecule has 2 fully saturated rings. The SMILES string of the molecule is CC1CCCN(C(=O)C2(N)CCOCC2)C1.Cl. The highest BCUT2D eigenvalue weighted by Gasteiger charge is 2.39. The quantitative estimate of drug-likeness (QED) is 0.772. The Labute approximate surface area is 109 Å². The van der Waals surface area contributed by atoms with Crippen molar-refractivity contribution < 1.29 is 9.53 Å². The summed E-state index contributed by atoms with van der Waals surface area (Å²) >= 11 is 0. The fourth-order valence-electron chi connectivity index (χ4n) is 2.64. The summed E-state index contributed by atoms with van der Waals surface area (Å²) in [4.78, 5) is 14.3. The van der Waals surface area contributed by atoms with Gasteiger partial charge in [0.25, 0.3) is 0 Å². The van der Waals surface area contributed by atoms with Gasteiger partial charge in [0.05, 0.1) is 5.54 Å². The van der Waals surface area contributed by atoms with Crippen molar-refractivity contribution in [3.63, 3.8) is 0 Å². The van der Waals surface area contributed by atoms with Crippen molar-refractivity contribution in [3.8, 4) is 0 Å². The van der Waals surface area contributed by atoms with Gasteiger partial charge in [0.1, 0.15) is 0 Å². The smallest absolute Gasteiger partial charge is 0.242 e. The van der Waals surface area contributed by atoms with Gasteiger partial charge in [-0.05, 0) is 31.6 Å². The van der Waals surface area contributed by atoms with E-state index in [4.69, 9.17) is 10.5 Å². The van der Waals surface area contributed by atoms with E-state index in [0.29, 0.717) is 32.0 Å². The van der Waals surface area contributed by atoms with Gasteiger partial charge in [0, 0.05) is 26.3 Å². The number of hydrogen-bond donors (Lipinski definition) is 1. The summed E-state index contributed by atoms with van der Waals surface area (Å²) in [6.07, 6.45) is 3.66. The van der Waals surface area contributed by atoms with E-state index in [1.165, 1.54) is 6.42 Å². The van der Waals surface area contributed by atoms with Crippen LogP contribution in [-0.2, 0) is 9.53 Å². The number of carbonyl (C=O) groups is 1. The first-order chi connectivity index (χ1) is 7.62. The molecule has 0 aromatic heterocycles. The van der Waals surface area contributed by atoms with Crippen molar-refractivity contribution in [1.82, 2.24) is 4.90 Å². The van der Waals surface area contributed by atoms with Crippen molar-refractivity contribution in [2.45, 2.75) is 38.1 Å². The Kier molecular flexibility index (Phi) is 5.22. The zero-order valence-electron chi connectivity index (χ0n) is 10.5. The molecule has 1 amide bonds. The number of halogens is 1. The Morgan fingerprint density at radius 2 is 2.06 bits per heavy atom. The van der Waals surface area contributed by atoms with Gasteiger partial charge in [-0.25, -0.2) is 0 Å². The molecule has 2 saturated heterocycles. The fraction of sp³-hybridized carbons (Fsp3) is 0.917. The minimum absolute atomic E-state index is 0. The van der Waals surface area contributed by atoms with Gasteiger partial charge in [0.15, 0.2) is 0 Å². The highest BCUT2D eigenvalue weighted by molar-refractivity contribution is 5.86. The van der Waals surface area contributed by atoms with Crippen LogP contribution in [0.25, 0.3) is 0 Å². The predicted octanol–water partition coefficient (Wildman–Crippen LogP) is 1.17. The van der Waals surface area contributed by atoms with Gasteiger partial charge in [0.2, 0.25) is 5.91 Å². The van der Waals surface area contributed by atoms with E-state index in [2.05, 4.69) is 6.92 Å². The van der Waals surface area contributed by atoms with E-state index >= 15 is 0 Å². The zero-order valence-corrected chi connectivity index (χ0v) is 11.3. The molecule has 100 valence electrons. The van der Waals surface area contributed by atoms with Crippen molar-refractivity contribution in [2.24, 2.45) is 11.7 Å². The molecular formula is C12H23ClN2O2. The van der Waals surface area contributed by atoms with Crippen LogP contribution in [0.4, 0.5) is 0 Å². The van der Waals surface area contributed by atoms with Crippen LogP contribution in [0, 0.1) is 5.92 Å². The molecule has 17 heavy (non-hydrogen) atoms. The Bertz CT molecular complexity index is 267. The summed E-state index contributed by atoms with van der Waals surface area (Å²) in [6, 6.07) is 0. The molecule has 5 heteroatoms. The largest absolute Gasteiger partial charge is 0.381 e. The highest BCUT2D eigenvalue weighted by atomic mass is 35.5. The Balaban J connectivity index is 0.00000144. The number of rotatable bonds is 1. The van der Waals surface area contributed by atoms with E-state index in [1.807, 2.05) is 4.90 Å². The number of piperidine rings is 1. The minimum Gasteiger partial charge on any atom is -0.381 e. The third kappa shape index (κ3) is 3.33. The van der Waals surface area contributed by atoms with Crippen LogP contribution < -0.4 is 5.73 Å². The van der Waals surface area contributed by atoms with E-state index in [-0.39, 0.29) is 18.3 Å².